The first-order valence-corrected chi connectivity index (χ1v) is 19.1. The van der Waals surface area contributed by atoms with Gasteiger partial charge in [0.15, 0.2) is 17.4 Å². The van der Waals surface area contributed by atoms with Crippen LogP contribution in [0.4, 0.5) is 28.4 Å². The molecule has 0 saturated heterocycles. The second-order valence-electron chi connectivity index (χ2n) is 14.6. The van der Waals surface area contributed by atoms with Gasteiger partial charge in [-0.2, -0.15) is 5.26 Å². The smallest absolute Gasteiger partial charge is 0.187 e. The van der Waals surface area contributed by atoms with Crippen LogP contribution in [0.25, 0.3) is 4.85 Å². The minimum Gasteiger partial charge on any atom is -0.409 e. The van der Waals surface area contributed by atoms with Gasteiger partial charge in [-0.3, -0.25) is 20.0 Å². The molecule has 0 amide bonds. The number of nitrogens with two attached hydrogens (primary N) is 2. The summed E-state index contributed by atoms with van der Waals surface area (Å²) in [6.45, 7) is 7.16. The maximum Gasteiger partial charge on any atom is 0.187 e. The largest absolute Gasteiger partial charge is 0.409 e. The van der Waals surface area contributed by atoms with Crippen molar-refractivity contribution in [3.05, 3.63) is 194 Å². The monoisotopic (exact) mass is 782 g/mol. The van der Waals surface area contributed by atoms with E-state index in [1.54, 1.807) is 12.1 Å². The average molecular weight is 783 g/mol. The van der Waals surface area contributed by atoms with Crippen LogP contribution in [0.5, 0.6) is 0 Å². The van der Waals surface area contributed by atoms with E-state index < -0.39 is 0 Å². The molecule has 288 valence electrons. The summed E-state index contributed by atoms with van der Waals surface area (Å²) in [7, 11) is 0. The Morgan fingerprint density at radius 2 is 0.867 bits per heavy atom. The van der Waals surface area contributed by atoms with Gasteiger partial charge in [-0.15, -0.1) is 0 Å². The molecule has 0 saturated carbocycles. The number of rotatable bonds is 6. The minimum absolute atomic E-state index is 0.0855. The van der Waals surface area contributed by atoms with Gasteiger partial charge >= 0.3 is 0 Å². The van der Waals surface area contributed by atoms with Gasteiger partial charge in [0, 0.05) is 36.8 Å². The van der Waals surface area contributed by atoms with E-state index in [-0.39, 0.29) is 11.7 Å². The molecule has 0 aliphatic carbocycles. The molecule has 4 heterocycles. The molecule has 6 aromatic carbocycles. The summed E-state index contributed by atoms with van der Waals surface area (Å²) in [6.07, 6.45) is 2.87. The highest BCUT2D eigenvalue weighted by Gasteiger charge is 2.22. The number of amidine groups is 2. The van der Waals surface area contributed by atoms with E-state index in [4.69, 9.17) is 53.7 Å². The lowest BCUT2D eigenvalue weighted by Crippen LogP contribution is -2.13. The van der Waals surface area contributed by atoms with Crippen molar-refractivity contribution >= 4 is 63.0 Å². The van der Waals surface area contributed by atoms with Crippen LogP contribution in [0.2, 0.25) is 0 Å². The molecule has 6 N–H and O–H groups in total. The molecule has 60 heavy (non-hydrogen) atoms. The fourth-order valence-corrected chi connectivity index (χ4v) is 7.74. The molecule has 0 aromatic heterocycles. The third-order valence-electron chi connectivity index (χ3n) is 10.9. The molecule has 0 atom stereocenters. The quantitative estimate of drug-likeness (QED) is 0.0431. The second-order valence-corrected chi connectivity index (χ2v) is 14.6. The molecule has 12 nitrogen and oxygen atoms in total. The van der Waals surface area contributed by atoms with Gasteiger partial charge in [0.25, 0.3) is 0 Å². The lowest BCUT2D eigenvalue weighted by molar-refractivity contribution is 0.318. The molecule has 4 aliphatic rings. The fourth-order valence-electron chi connectivity index (χ4n) is 7.74. The third kappa shape index (κ3) is 7.17. The van der Waals surface area contributed by atoms with E-state index in [2.05, 4.69) is 69.8 Å². The van der Waals surface area contributed by atoms with Crippen LogP contribution in [0.1, 0.15) is 61.2 Å². The van der Waals surface area contributed by atoms with Crippen LogP contribution in [0.3, 0.4) is 0 Å². The number of nitriles is 1. The van der Waals surface area contributed by atoms with Crippen LogP contribution < -0.4 is 11.5 Å². The van der Waals surface area contributed by atoms with E-state index in [1.807, 2.05) is 60.7 Å². The SMILES string of the molecule is NC(=NO)c1ccc2c(c1)CC(c1ccc(C3=Nc4ccc(C(N)=NO)cc4C3)cc1)=N2.[C-]#[N+]c1ccc2c(c1)CC(c1ccc(C3=Nc4ccc(C#N)cc4C3)cc1)=N2. The van der Waals surface area contributed by atoms with Crippen molar-refractivity contribution in [2.75, 3.05) is 0 Å². The maximum absolute atomic E-state index is 9.07. The average Bonchev–Trinajstić information content (AvgIpc) is 4.12. The Bertz CT molecular complexity index is 2830. The lowest BCUT2D eigenvalue weighted by atomic mass is 9.98. The third-order valence-corrected chi connectivity index (χ3v) is 10.9. The second kappa shape index (κ2) is 15.5. The molecule has 0 fully saturated rings. The molecule has 4 aliphatic heterocycles. The molecule has 0 spiro atoms. The molecular weight excluding hydrogens is 749 g/mol. The molecular formula is C48H34N10O2. The van der Waals surface area contributed by atoms with Crippen molar-refractivity contribution in [3.8, 4) is 6.07 Å². The topological polar surface area (TPSA) is 195 Å². The predicted molar refractivity (Wildman–Crippen MR) is 234 cm³/mol. The van der Waals surface area contributed by atoms with Crippen molar-refractivity contribution in [3.63, 3.8) is 0 Å². The highest BCUT2D eigenvalue weighted by Crippen LogP contribution is 2.35. The van der Waals surface area contributed by atoms with E-state index in [0.29, 0.717) is 35.2 Å². The van der Waals surface area contributed by atoms with Crippen molar-refractivity contribution in [1.29, 1.82) is 5.26 Å². The predicted octanol–water partition coefficient (Wildman–Crippen LogP) is 8.69. The number of hydrogen-bond acceptors (Lipinski definition) is 9. The van der Waals surface area contributed by atoms with Gasteiger partial charge in [0.1, 0.15) is 0 Å². The Morgan fingerprint density at radius 1 is 0.517 bits per heavy atom. The van der Waals surface area contributed by atoms with Crippen LogP contribution in [0.15, 0.2) is 152 Å². The Balaban J connectivity index is 0.000000155. The van der Waals surface area contributed by atoms with Crippen LogP contribution >= 0.6 is 0 Å². The first kappa shape index (κ1) is 37.1. The Morgan fingerprint density at radius 3 is 1.23 bits per heavy atom. The van der Waals surface area contributed by atoms with Crippen LogP contribution in [-0.4, -0.2) is 44.9 Å². The lowest BCUT2D eigenvalue weighted by Gasteiger charge is -2.05. The number of benzene rings is 6. The summed E-state index contributed by atoms with van der Waals surface area (Å²) < 4.78 is 0. The molecule has 0 bridgehead atoms. The normalized spacial score (nSPS) is 14.6. The van der Waals surface area contributed by atoms with Crippen molar-refractivity contribution in [2.24, 2.45) is 41.7 Å². The zero-order valence-corrected chi connectivity index (χ0v) is 32.0. The highest BCUT2D eigenvalue weighted by molar-refractivity contribution is 6.11. The maximum atomic E-state index is 9.07. The van der Waals surface area contributed by atoms with E-state index in [0.717, 1.165) is 103 Å². The van der Waals surface area contributed by atoms with E-state index in [1.165, 1.54) is 0 Å². The minimum atomic E-state index is 0.0855. The summed E-state index contributed by atoms with van der Waals surface area (Å²) >= 11 is 0. The summed E-state index contributed by atoms with van der Waals surface area (Å²) in [4.78, 5) is 22.4. The zero-order chi connectivity index (χ0) is 41.3. The van der Waals surface area contributed by atoms with Crippen LogP contribution in [-0.2, 0) is 25.7 Å². The van der Waals surface area contributed by atoms with Crippen molar-refractivity contribution < 1.29 is 10.4 Å². The number of oxime groups is 2. The van der Waals surface area contributed by atoms with E-state index in [9.17, 15) is 0 Å². The van der Waals surface area contributed by atoms with Gasteiger partial charge < -0.3 is 21.9 Å². The highest BCUT2D eigenvalue weighted by atomic mass is 16.4. The number of nitrogens with zero attached hydrogens (tertiary/aromatic N) is 8. The molecule has 6 aromatic rings. The van der Waals surface area contributed by atoms with Crippen molar-refractivity contribution in [2.45, 2.75) is 25.7 Å². The summed E-state index contributed by atoms with van der Waals surface area (Å²) in [6, 6.07) is 41.2. The zero-order valence-electron chi connectivity index (χ0n) is 32.0. The summed E-state index contributed by atoms with van der Waals surface area (Å²) in [5, 5.41) is 33.0. The molecule has 12 heteroatoms. The van der Waals surface area contributed by atoms with Gasteiger partial charge in [0.2, 0.25) is 0 Å². The Labute approximate surface area is 345 Å². The van der Waals surface area contributed by atoms with Gasteiger partial charge in [-0.05, 0) is 105 Å². The van der Waals surface area contributed by atoms with E-state index >= 15 is 0 Å². The van der Waals surface area contributed by atoms with Gasteiger partial charge in [-0.1, -0.05) is 71.0 Å². The van der Waals surface area contributed by atoms with Gasteiger partial charge in [0.05, 0.1) is 63.8 Å². The Hall–Kier alpha value is -8.48. The summed E-state index contributed by atoms with van der Waals surface area (Å²) in [5.74, 6) is 0.171. The first-order valence-electron chi connectivity index (χ1n) is 19.1. The van der Waals surface area contributed by atoms with Crippen LogP contribution in [0, 0.1) is 17.9 Å². The Kier molecular flexibility index (Phi) is 9.56. The van der Waals surface area contributed by atoms with Crippen molar-refractivity contribution in [1.82, 2.24) is 0 Å². The number of fused-ring (bicyclic) bond motifs is 4. The molecule has 0 unspecified atom stereocenters. The number of aliphatic imine (C=N–C) groups is 4. The standard InChI is InChI=1S/C24H20N6O2.C24H14N4/c25-23(29-31)15-5-7-19-17(9-15)11-21(27-19)13-1-2-14(4-3-13)22-12-18-10-16(24(26)30-32)6-8-20(18)28-22;1-26-20-7-9-22-19(11-20)13-24(28-22)17-5-3-16(4-6-17)23-12-18-10-15(14-25)2-8-21(18)27-23/h1-10,31-32H,11-12H2,(H2,25,29)(H2,26,30);2-11H,12-13H2. The summed E-state index contributed by atoms with van der Waals surface area (Å²) in [5.41, 5.74) is 30.3. The molecule has 10 rings (SSSR count). The first-order chi connectivity index (χ1) is 29.3. The molecule has 0 radical (unpaired) electrons. The number of hydrogen-bond donors (Lipinski definition) is 4. The van der Waals surface area contributed by atoms with Gasteiger partial charge in [-0.25, -0.2) is 4.85 Å². The fraction of sp³-hybridized carbons (Fsp3) is 0.0833.